The van der Waals surface area contributed by atoms with E-state index in [9.17, 15) is 9.59 Å². The fraction of sp³-hybridized carbons (Fsp3) is 0.538. The van der Waals surface area contributed by atoms with Crippen LogP contribution in [0.25, 0.3) is 0 Å². The van der Waals surface area contributed by atoms with Crippen LogP contribution < -0.4 is 10.6 Å². The number of hydrogen-bond acceptors (Lipinski definition) is 6. The van der Waals surface area contributed by atoms with Crippen molar-refractivity contribution in [3.05, 3.63) is 18.5 Å². The molecule has 110 valence electrons. The van der Waals surface area contributed by atoms with E-state index in [1.807, 2.05) is 6.92 Å². The van der Waals surface area contributed by atoms with Crippen molar-refractivity contribution in [2.45, 2.75) is 32.8 Å². The molecule has 0 aliphatic heterocycles. The van der Waals surface area contributed by atoms with E-state index in [4.69, 9.17) is 4.74 Å². The molecular weight excluding hydrogens is 260 g/mol. The van der Waals surface area contributed by atoms with E-state index in [2.05, 4.69) is 20.6 Å². The van der Waals surface area contributed by atoms with Gasteiger partial charge in [0.2, 0.25) is 5.95 Å². The van der Waals surface area contributed by atoms with Gasteiger partial charge in [0.05, 0.1) is 6.42 Å². The predicted octanol–water partition coefficient (Wildman–Crippen LogP) is 0.736. The number of esters is 1. The molecule has 20 heavy (non-hydrogen) atoms. The fourth-order valence-electron chi connectivity index (χ4n) is 1.37. The molecule has 7 nitrogen and oxygen atoms in total. The summed E-state index contributed by atoms with van der Waals surface area (Å²) >= 11 is 0. The van der Waals surface area contributed by atoms with Gasteiger partial charge in [0.15, 0.2) is 6.10 Å². The van der Waals surface area contributed by atoms with E-state index in [0.717, 1.165) is 6.42 Å². The van der Waals surface area contributed by atoms with Gasteiger partial charge in [-0.05, 0) is 19.4 Å². The highest BCUT2D eigenvalue weighted by Crippen LogP contribution is 1.98. The summed E-state index contributed by atoms with van der Waals surface area (Å²) in [6.45, 7) is 4.44. The molecule has 0 bridgehead atoms. The van der Waals surface area contributed by atoms with Gasteiger partial charge in [-0.25, -0.2) is 9.97 Å². The topological polar surface area (TPSA) is 93.2 Å². The van der Waals surface area contributed by atoms with Crippen molar-refractivity contribution in [2.24, 2.45) is 0 Å². The summed E-state index contributed by atoms with van der Waals surface area (Å²) in [5, 5.41) is 5.56. The van der Waals surface area contributed by atoms with Crippen molar-refractivity contribution >= 4 is 17.8 Å². The van der Waals surface area contributed by atoms with Crippen LogP contribution in [0, 0.1) is 0 Å². The Morgan fingerprint density at radius 3 is 2.65 bits per heavy atom. The van der Waals surface area contributed by atoms with Crippen LogP contribution in [-0.2, 0) is 14.3 Å². The second kappa shape index (κ2) is 8.84. The largest absolute Gasteiger partial charge is 0.452 e. The van der Waals surface area contributed by atoms with E-state index in [0.29, 0.717) is 19.0 Å². The molecule has 0 aliphatic carbocycles. The summed E-state index contributed by atoms with van der Waals surface area (Å²) in [4.78, 5) is 31.0. The first-order chi connectivity index (χ1) is 9.63. The zero-order chi connectivity index (χ0) is 14.8. The molecule has 1 atom stereocenters. The molecule has 0 radical (unpaired) electrons. The molecule has 0 saturated carbocycles. The molecule has 1 amide bonds. The number of nitrogens with zero attached hydrogens (tertiary/aromatic N) is 2. The molecule has 7 heteroatoms. The quantitative estimate of drug-likeness (QED) is 0.682. The molecule has 0 fully saturated rings. The maximum atomic E-state index is 11.5. The average Bonchev–Trinajstić information content (AvgIpc) is 2.45. The number of hydrogen-bond donors (Lipinski definition) is 2. The normalized spacial score (nSPS) is 11.5. The van der Waals surface area contributed by atoms with Crippen LogP contribution in [-0.4, -0.2) is 41.0 Å². The first-order valence-corrected chi connectivity index (χ1v) is 6.61. The lowest BCUT2D eigenvalue weighted by Gasteiger charge is -2.13. The summed E-state index contributed by atoms with van der Waals surface area (Å²) in [5.41, 5.74) is 0. The third-order valence-electron chi connectivity index (χ3n) is 2.40. The molecule has 1 rings (SSSR count). The Morgan fingerprint density at radius 1 is 1.30 bits per heavy atom. The molecule has 0 aliphatic rings. The van der Waals surface area contributed by atoms with Crippen molar-refractivity contribution in [3.63, 3.8) is 0 Å². The van der Waals surface area contributed by atoms with Crippen molar-refractivity contribution in [3.8, 4) is 0 Å². The third-order valence-corrected chi connectivity index (χ3v) is 2.40. The maximum Gasteiger partial charge on any atom is 0.308 e. The van der Waals surface area contributed by atoms with Gasteiger partial charge in [0, 0.05) is 25.5 Å². The number of rotatable bonds is 8. The van der Waals surface area contributed by atoms with E-state index >= 15 is 0 Å². The van der Waals surface area contributed by atoms with Crippen molar-refractivity contribution in [1.82, 2.24) is 15.3 Å². The monoisotopic (exact) mass is 280 g/mol. The molecule has 0 spiro atoms. The van der Waals surface area contributed by atoms with Crippen LogP contribution in [0.1, 0.15) is 26.7 Å². The van der Waals surface area contributed by atoms with E-state index < -0.39 is 12.1 Å². The summed E-state index contributed by atoms with van der Waals surface area (Å²) in [6, 6.07) is 1.70. The summed E-state index contributed by atoms with van der Waals surface area (Å²) < 4.78 is 5.02. The predicted molar refractivity (Wildman–Crippen MR) is 74.0 cm³/mol. The van der Waals surface area contributed by atoms with Gasteiger partial charge in [0.25, 0.3) is 5.91 Å². The highest BCUT2D eigenvalue weighted by atomic mass is 16.5. The molecule has 1 aromatic heterocycles. The Morgan fingerprint density at radius 2 is 2.00 bits per heavy atom. The van der Waals surface area contributed by atoms with Gasteiger partial charge in [-0.15, -0.1) is 0 Å². The lowest BCUT2D eigenvalue weighted by Crippen LogP contribution is -2.36. The number of amides is 1. The molecule has 2 N–H and O–H groups in total. The molecule has 1 unspecified atom stereocenters. The first-order valence-electron chi connectivity index (χ1n) is 6.61. The van der Waals surface area contributed by atoms with E-state index in [-0.39, 0.29) is 12.3 Å². The second-order valence-electron chi connectivity index (χ2n) is 4.17. The van der Waals surface area contributed by atoms with Crippen LogP contribution in [0.4, 0.5) is 5.95 Å². The number of carbonyl (C=O) groups excluding carboxylic acids is 2. The minimum absolute atomic E-state index is 0.143. The number of anilines is 1. The number of aromatic nitrogens is 2. The van der Waals surface area contributed by atoms with Gasteiger partial charge in [0.1, 0.15) is 0 Å². The van der Waals surface area contributed by atoms with E-state index in [1.165, 1.54) is 0 Å². The van der Waals surface area contributed by atoms with Crippen LogP contribution in [0.15, 0.2) is 18.5 Å². The van der Waals surface area contributed by atoms with Crippen LogP contribution in [0.5, 0.6) is 0 Å². The summed E-state index contributed by atoms with van der Waals surface area (Å²) in [7, 11) is 0. The van der Waals surface area contributed by atoms with Crippen molar-refractivity contribution in [1.29, 1.82) is 0 Å². The highest BCUT2D eigenvalue weighted by Gasteiger charge is 2.16. The lowest BCUT2D eigenvalue weighted by atomic mass is 10.3. The molecule has 0 aromatic carbocycles. The summed E-state index contributed by atoms with van der Waals surface area (Å²) in [5.74, 6) is -0.263. The van der Waals surface area contributed by atoms with Gasteiger partial charge < -0.3 is 15.4 Å². The molecule has 0 saturated heterocycles. The van der Waals surface area contributed by atoms with Gasteiger partial charge in [-0.3, -0.25) is 9.59 Å². The zero-order valence-electron chi connectivity index (χ0n) is 11.8. The van der Waals surface area contributed by atoms with Crippen LogP contribution >= 0.6 is 0 Å². The van der Waals surface area contributed by atoms with Crippen LogP contribution in [0.3, 0.4) is 0 Å². The smallest absolute Gasteiger partial charge is 0.308 e. The minimum atomic E-state index is -0.776. The summed E-state index contributed by atoms with van der Waals surface area (Å²) in [6.07, 6.45) is 3.42. The Balaban J connectivity index is 2.21. The number of ether oxygens (including phenoxy) is 1. The van der Waals surface area contributed by atoms with Crippen LogP contribution in [0.2, 0.25) is 0 Å². The van der Waals surface area contributed by atoms with Gasteiger partial charge in [-0.2, -0.15) is 0 Å². The highest BCUT2D eigenvalue weighted by molar-refractivity contribution is 5.83. The van der Waals surface area contributed by atoms with E-state index in [1.54, 1.807) is 25.4 Å². The second-order valence-corrected chi connectivity index (χ2v) is 4.17. The van der Waals surface area contributed by atoms with Crippen molar-refractivity contribution < 1.29 is 14.3 Å². The fourth-order valence-corrected chi connectivity index (χ4v) is 1.37. The zero-order valence-corrected chi connectivity index (χ0v) is 11.8. The minimum Gasteiger partial charge on any atom is -0.452 e. The SMILES string of the molecule is CCCNC(=O)C(C)OC(=O)CCNc1ncccn1. The maximum absolute atomic E-state index is 11.5. The average molecular weight is 280 g/mol. The third kappa shape index (κ3) is 6.12. The van der Waals surface area contributed by atoms with Gasteiger partial charge in [-0.1, -0.05) is 6.92 Å². The van der Waals surface area contributed by atoms with Gasteiger partial charge >= 0.3 is 5.97 Å². The number of carbonyl (C=O) groups is 2. The molecule has 1 heterocycles. The lowest BCUT2D eigenvalue weighted by molar-refractivity contribution is -0.154. The Hall–Kier alpha value is -2.18. The number of nitrogens with one attached hydrogen (secondary N) is 2. The molecule has 1 aromatic rings. The Labute approximate surface area is 118 Å². The Kier molecular flexibility index (Phi) is 7.02. The first kappa shape index (κ1) is 15.9. The Bertz CT molecular complexity index is 425. The van der Waals surface area contributed by atoms with Crippen molar-refractivity contribution in [2.75, 3.05) is 18.4 Å². The standard InChI is InChI=1S/C13H20N4O3/c1-3-6-14-12(19)10(2)20-11(18)5-9-17-13-15-7-4-8-16-13/h4,7-8,10H,3,5-6,9H2,1-2H3,(H,14,19)(H,15,16,17). The molecular formula is C13H20N4O3.